The fourth-order valence-corrected chi connectivity index (χ4v) is 4.63. The molecule has 0 amide bonds. The second kappa shape index (κ2) is 8.67. The standard InChI is InChI=1S/C21H16BrN3O6S/c1-3-30-20(27)17-11(2)24-19(26)15(10-14-8-9-16(31-14)25(28)29)32-21(24)23-18(17)12-4-6-13(22)7-5-12/h4-10,18H,3H2,1-2H3/b15-10+/t18-/m0/s1. The summed E-state index contributed by atoms with van der Waals surface area (Å²) in [5.74, 6) is -0.791. The van der Waals surface area contributed by atoms with Crippen molar-refractivity contribution in [3.05, 3.63) is 87.6 Å². The fourth-order valence-electron chi connectivity index (χ4n) is 3.35. The van der Waals surface area contributed by atoms with Gasteiger partial charge in [-0.3, -0.25) is 19.5 Å². The van der Waals surface area contributed by atoms with Crippen molar-refractivity contribution < 1.29 is 18.9 Å². The Bertz CT molecular complexity index is 1430. The molecular formula is C21H16BrN3O6S. The summed E-state index contributed by atoms with van der Waals surface area (Å²) in [4.78, 5) is 41.2. The van der Waals surface area contributed by atoms with Crippen LogP contribution in [0.25, 0.3) is 11.8 Å². The van der Waals surface area contributed by atoms with Gasteiger partial charge in [0.15, 0.2) is 4.80 Å². The molecule has 0 bridgehead atoms. The minimum atomic E-state index is -0.652. The average Bonchev–Trinajstić information content (AvgIpc) is 3.34. The van der Waals surface area contributed by atoms with Gasteiger partial charge in [-0.1, -0.05) is 39.4 Å². The molecule has 1 atom stereocenters. The summed E-state index contributed by atoms with van der Waals surface area (Å²) in [6.45, 7) is 3.57. The molecule has 9 nitrogen and oxygen atoms in total. The topological polar surface area (TPSA) is 117 Å². The van der Waals surface area contributed by atoms with E-state index >= 15 is 0 Å². The van der Waals surface area contributed by atoms with Gasteiger partial charge >= 0.3 is 11.9 Å². The maximum absolute atomic E-state index is 13.1. The molecule has 0 saturated heterocycles. The van der Waals surface area contributed by atoms with Crippen LogP contribution in [0.4, 0.5) is 5.88 Å². The van der Waals surface area contributed by atoms with Crippen molar-refractivity contribution in [2.75, 3.05) is 6.61 Å². The Morgan fingerprint density at radius 2 is 2.06 bits per heavy atom. The van der Waals surface area contributed by atoms with E-state index in [1.54, 1.807) is 13.8 Å². The van der Waals surface area contributed by atoms with Crippen LogP contribution in [0.1, 0.15) is 31.2 Å². The number of carbonyl (C=O) groups excluding carboxylic acids is 1. The minimum absolute atomic E-state index is 0.171. The summed E-state index contributed by atoms with van der Waals surface area (Å²) in [5, 5.41) is 10.8. The molecule has 3 heterocycles. The molecule has 32 heavy (non-hydrogen) atoms. The van der Waals surface area contributed by atoms with E-state index in [0.29, 0.717) is 10.5 Å². The number of thiazole rings is 1. The number of furan rings is 1. The molecule has 1 aliphatic rings. The molecular weight excluding hydrogens is 502 g/mol. The summed E-state index contributed by atoms with van der Waals surface area (Å²) < 4.78 is 12.9. The molecule has 0 radical (unpaired) electrons. The molecule has 3 aromatic rings. The van der Waals surface area contributed by atoms with Gasteiger partial charge in [0, 0.05) is 16.2 Å². The molecule has 11 heteroatoms. The summed E-state index contributed by atoms with van der Waals surface area (Å²) >= 11 is 4.51. The van der Waals surface area contributed by atoms with Crippen LogP contribution in [0.15, 0.2) is 60.6 Å². The Morgan fingerprint density at radius 1 is 1.34 bits per heavy atom. The van der Waals surface area contributed by atoms with Crippen molar-refractivity contribution in [3.8, 4) is 0 Å². The number of allylic oxidation sites excluding steroid dienone is 1. The molecule has 0 spiro atoms. The second-order valence-corrected chi connectivity index (χ2v) is 8.69. The predicted octanol–water partition coefficient (Wildman–Crippen LogP) is 3.17. The SMILES string of the molecule is CCOC(=O)C1=C(C)n2c(s/c(=C/c3ccc([N+](=O)[O-])o3)c2=O)=N[C@H]1c1ccc(Br)cc1. The second-order valence-electron chi connectivity index (χ2n) is 6.77. The van der Waals surface area contributed by atoms with E-state index < -0.39 is 28.4 Å². The maximum atomic E-state index is 13.1. The van der Waals surface area contributed by atoms with Crippen LogP contribution in [-0.2, 0) is 9.53 Å². The number of fused-ring (bicyclic) bond motifs is 1. The highest BCUT2D eigenvalue weighted by molar-refractivity contribution is 9.10. The van der Waals surface area contributed by atoms with E-state index in [4.69, 9.17) is 9.15 Å². The number of benzene rings is 1. The van der Waals surface area contributed by atoms with Crippen LogP contribution in [0.3, 0.4) is 0 Å². The summed E-state index contributed by atoms with van der Waals surface area (Å²) in [5.41, 5.74) is 1.07. The Kier molecular flexibility index (Phi) is 5.94. The first-order valence-corrected chi connectivity index (χ1v) is 11.1. The molecule has 0 N–H and O–H groups in total. The zero-order valence-corrected chi connectivity index (χ0v) is 19.3. The first-order chi connectivity index (χ1) is 15.3. The van der Waals surface area contributed by atoms with Gasteiger partial charge in [0.25, 0.3) is 5.56 Å². The molecule has 1 aromatic carbocycles. The van der Waals surface area contributed by atoms with Gasteiger partial charge in [-0.15, -0.1) is 0 Å². The van der Waals surface area contributed by atoms with E-state index in [2.05, 4.69) is 20.9 Å². The summed E-state index contributed by atoms with van der Waals surface area (Å²) in [6, 6.07) is 9.38. The smallest absolute Gasteiger partial charge is 0.433 e. The first kappa shape index (κ1) is 21.9. The van der Waals surface area contributed by atoms with E-state index in [0.717, 1.165) is 21.4 Å². The number of nitro groups is 1. The minimum Gasteiger partial charge on any atom is -0.463 e. The number of esters is 1. The van der Waals surface area contributed by atoms with Gasteiger partial charge in [-0.2, -0.15) is 0 Å². The third-order valence-electron chi connectivity index (χ3n) is 4.79. The van der Waals surface area contributed by atoms with Crippen molar-refractivity contribution in [3.63, 3.8) is 0 Å². The van der Waals surface area contributed by atoms with Crippen LogP contribution >= 0.6 is 27.3 Å². The van der Waals surface area contributed by atoms with Crippen LogP contribution in [0.2, 0.25) is 0 Å². The van der Waals surface area contributed by atoms with Crippen molar-refractivity contribution in [2.24, 2.45) is 4.99 Å². The van der Waals surface area contributed by atoms with Crippen LogP contribution in [0.5, 0.6) is 0 Å². The number of aromatic nitrogens is 1. The lowest BCUT2D eigenvalue weighted by Gasteiger charge is -2.22. The molecule has 2 aromatic heterocycles. The normalized spacial score (nSPS) is 16.0. The van der Waals surface area contributed by atoms with E-state index in [9.17, 15) is 19.7 Å². The predicted molar refractivity (Wildman–Crippen MR) is 121 cm³/mol. The Labute approximate surface area is 193 Å². The molecule has 0 aliphatic carbocycles. The number of rotatable bonds is 5. The van der Waals surface area contributed by atoms with E-state index in [1.807, 2.05) is 24.3 Å². The number of halogens is 1. The number of ether oxygens (including phenoxy) is 1. The lowest BCUT2D eigenvalue weighted by Crippen LogP contribution is -2.35. The van der Waals surface area contributed by atoms with Gasteiger partial charge in [0.2, 0.25) is 0 Å². The molecule has 0 fully saturated rings. The Hall–Kier alpha value is -3.31. The summed E-state index contributed by atoms with van der Waals surface area (Å²) in [6.07, 6.45) is 1.42. The third-order valence-corrected chi connectivity index (χ3v) is 6.30. The number of hydrogen-bond acceptors (Lipinski definition) is 8. The van der Waals surface area contributed by atoms with E-state index in [-0.39, 0.29) is 22.5 Å². The highest BCUT2D eigenvalue weighted by Crippen LogP contribution is 2.32. The van der Waals surface area contributed by atoms with Gasteiger partial charge in [-0.25, -0.2) is 9.79 Å². The zero-order chi connectivity index (χ0) is 23.0. The monoisotopic (exact) mass is 517 g/mol. The first-order valence-electron chi connectivity index (χ1n) is 9.49. The molecule has 0 unspecified atom stereocenters. The van der Waals surface area contributed by atoms with Crippen LogP contribution in [0, 0.1) is 10.1 Å². The zero-order valence-electron chi connectivity index (χ0n) is 16.9. The molecule has 0 saturated carbocycles. The average molecular weight is 518 g/mol. The lowest BCUT2D eigenvalue weighted by atomic mass is 9.97. The quantitative estimate of drug-likeness (QED) is 0.291. The lowest BCUT2D eigenvalue weighted by molar-refractivity contribution is -0.402. The van der Waals surface area contributed by atoms with Gasteiger partial charge < -0.3 is 9.15 Å². The van der Waals surface area contributed by atoms with Crippen molar-refractivity contribution in [1.29, 1.82) is 0 Å². The molecule has 1 aliphatic heterocycles. The third kappa shape index (κ3) is 3.96. The molecule has 4 rings (SSSR count). The van der Waals surface area contributed by atoms with Gasteiger partial charge in [-0.05, 0) is 37.6 Å². The van der Waals surface area contributed by atoms with Crippen LogP contribution in [-0.4, -0.2) is 22.1 Å². The van der Waals surface area contributed by atoms with Crippen molar-refractivity contribution in [1.82, 2.24) is 4.57 Å². The highest BCUT2D eigenvalue weighted by Gasteiger charge is 2.31. The maximum Gasteiger partial charge on any atom is 0.433 e. The Morgan fingerprint density at radius 3 is 2.69 bits per heavy atom. The number of nitrogens with zero attached hydrogens (tertiary/aromatic N) is 3. The Balaban J connectivity index is 1.91. The fraction of sp³-hybridized carbons (Fsp3) is 0.190. The number of hydrogen-bond donors (Lipinski definition) is 0. The van der Waals surface area contributed by atoms with Gasteiger partial charge in [0.05, 0.1) is 18.2 Å². The molecule has 164 valence electrons. The van der Waals surface area contributed by atoms with Crippen LogP contribution < -0.4 is 14.9 Å². The largest absolute Gasteiger partial charge is 0.463 e. The van der Waals surface area contributed by atoms with Crippen molar-refractivity contribution in [2.45, 2.75) is 19.9 Å². The summed E-state index contributed by atoms with van der Waals surface area (Å²) in [7, 11) is 0. The number of carbonyl (C=O) groups is 1. The van der Waals surface area contributed by atoms with Gasteiger partial charge in [0.1, 0.15) is 21.3 Å². The van der Waals surface area contributed by atoms with E-state index in [1.165, 1.54) is 22.8 Å². The van der Waals surface area contributed by atoms with Crippen molar-refractivity contribution >= 4 is 50.9 Å². The highest BCUT2D eigenvalue weighted by atomic mass is 79.9.